The van der Waals surface area contributed by atoms with E-state index in [0.29, 0.717) is 26.1 Å². The molecule has 126 valence electrons. The molecule has 0 saturated carbocycles. The van der Waals surface area contributed by atoms with Crippen molar-refractivity contribution in [2.75, 3.05) is 13.2 Å². The fourth-order valence-electron chi connectivity index (χ4n) is 2.96. The summed E-state index contributed by atoms with van der Waals surface area (Å²) in [5.41, 5.74) is 2.26. The molecule has 0 amide bonds. The zero-order valence-electron chi connectivity index (χ0n) is 13.6. The summed E-state index contributed by atoms with van der Waals surface area (Å²) in [4.78, 5) is 11.1. The molecule has 1 heterocycles. The summed E-state index contributed by atoms with van der Waals surface area (Å²) in [7, 11) is 0. The standard InChI is InChI=1S/C20H22O4/c21-20(22)17-11-13-24-19(14-17)16-6-8-18(9-7-16)23-12-10-15-4-2-1-3-5-15/h1-9,17,19H,10-14H2,(H,21,22). The molecule has 1 fully saturated rings. The second kappa shape index (κ2) is 7.97. The molecule has 2 aromatic carbocycles. The number of carboxylic acids is 1. The molecule has 0 radical (unpaired) electrons. The van der Waals surface area contributed by atoms with Gasteiger partial charge in [0.25, 0.3) is 0 Å². The van der Waals surface area contributed by atoms with Gasteiger partial charge in [0.05, 0.1) is 18.6 Å². The fraction of sp³-hybridized carbons (Fsp3) is 0.350. The maximum absolute atomic E-state index is 11.1. The topological polar surface area (TPSA) is 55.8 Å². The Morgan fingerprint density at radius 1 is 1.12 bits per heavy atom. The van der Waals surface area contributed by atoms with Crippen LogP contribution in [-0.2, 0) is 16.0 Å². The molecule has 4 heteroatoms. The van der Waals surface area contributed by atoms with Gasteiger partial charge in [0.15, 0.2) is 0 Å². The Labute approximate surface area is 142 Å². The number of hydrogen-bond acceptors (Lipinski definition) is 3. The highest BCUT2D eigenvalue weighted by molar-refractivity contribution is 5.70. The maximum atomic E-state index is 11.1. The Balaban J connectivity index is 1.52. The number of benzene rings is 2. The molecule has 24 heavy (non-hydrogen) atoms. The second-order valence-electron chi connectivity index (χ2n) is 6.07. The molecule has 1 N–H and O–H groups in total. The van der Waals surface area contributed by atoms with Gasteiger partial charge in [-0.25, -0.2) is 0 Å². The second-order valence-corrected chi connectivity index (χ2v) is 6.07. The average Bonchev–Trinajstić information content (AvgIpc) is 2.63. The number of carbonyl (C=O) groups is 1. The molecule has 1 aliphatic heterocycles. The van der Waals surface area contributed by atoms with Crippen LogP contribution < -0.4 is 4.74 Å². The molecule has 2 aromatic rings. The van der Waals surface area contributed by atoms with Gasteiger partial charge in [0, 0.05) is 13.0 Å². The Morgan fingerprint density at radius 2 is 1.88 bits per heavy atom. The van der Waals surface area contributed by atoms with E-state index in [9.17, 15) is 4.79 Å². The first-order chi connectivity index (χ1) is 11.7. The minimum Gasteiger partial charge on any atom is -0.493 e. The summed E-state index contributed by atoms with van der Waals surface area (Å²) in [6.07, 6.45) is 1.85. The minimum atomic E-state index is -0.732. The van der Waals surface area contributed by atoms with E-state index in [1.807, 2.05) is 42.5 Å². The lowest BCUT2D eigenvalue weighted by Gasteiger charge is -2.27. The Morgan fingerprint density at radius 3 is 2.58 bits per heavy atom. The van der Waals surface area contributed by atoms with Crippen molar-refractivity contribution in [3.63, 3.8) is 0 Å². The fourth-order valence-corrected chi connectivity index (χ4v) is 2.96. The van der Waals surface area contributed by atoms with Crippen molar-refractivity contribution < 1.29 is 19.4 Å². The first kappa shape index (κ1) is 16.5. The Kier molecular flexibility index (Phi) is 5.49. The maximum Gasteiger partial charge on any atom is 0.306 e. The molecule has 0 bridgehead atoms. The predicted octanol–water partition coefficient (Wildman–Crippen LogP) is 3.86. The number of carboxylic acid groups (broad SMARTS) is 1. The van der Waals surface area contributed by atoms with E-state index in [1.54, 1.807) is 0 Å². The predicted molar refractivity (Wildman–Crippen MR) is 91.1 cm³/mol. The van der Waals surface area contributed by atoms with Gasteiger partial charge in [-0.15, -0.1) is 0 Å². The number of aliphatic carboxylic acids is 1. The Hall–Kier alpha value is -2.33. The van der Waals surface area contributed by atoms with E-state index < -0.39 is 5.97 Å². The van der Waals surface area contributed by atoms with Gasteiger partial charge in [0.1, 0.15) is 5.75 Å². The van der Waals surface area contributed by atoms with E-state index in [4.69, 9.17) is 14.6 Å². The summed E-state index contributed by atoms with van der Waals surface area (Å²) in [6.45, 7) is 1.13. The van der Waals surface area contributed by atoms with Gasteiger partial charge in [-0.1, -0.05) is 42.5 Å². The molecule has 1 saturated heterocycles. The van der Waals surface area contributed by atoms with Crippen molar-refractivity contribution in [1.29, 1.82) is 0 Å². The summed E-state index contributed by atoms with van der Waals surface area (Å²) < 4.78 is 11.5. The van der Waals surface area contributed by atoms with Gasteiger partial charge in [-0.05, 0) is 36.1 Å². The zero-order chi connectivity index (χ0) is 16.8. The van der Waals surface area contributed by atoms with E-state index >= 15 is 0 Å². The van der Waals surface area contributed by atoms with Gasteiger partial charge in [-0.2, -0.15) is 0 Å². The minimum absolute atomic E-state index is 0.141. The van der Waals surface area contributed by atoms with Gasteiger partial charge >= 0.3 is 5.97 Å². The molecular weight excluding hydrogens is 304 g/mol. The third-order valence-electron chi connectivity index (χ3n) is 4.39. The van der Waals surface area contributed by atoms with Crippen molar-refractivity contribution >= 4 is 5.97 Å². The molecule has 3 rings (SSSR count). The van der Waals surface area contributed by atoms with Crippen LogP contribution in [0, 0.1) is 5.92 Å². The van der Waals surface area contributed by atoms with Crippen molar-refractivity contribution in [3.05, 3.63) is 65.7 Å². The molecule has 4 nitrogen and oxygen atoms in total. The summed E-state index contributed by atoms with van der Waals surface area (Å²) in [5.74, 6) is -0.227. The van der Waals surface area contributed by atoms with Crippen LogP contribution in [0.1, 0.15) is 30.1 Å². The number of ether oxygens (including phenoxy) is 2. The van der Waals surface area contributed by atoms with E-state index in [0.717, 1.165) is 17.7 Å². The van der Waals surface area contributed by atoms with Crippen molar-refractivity contribution in [3.8, 4) is 5.75 Å². The molecule has 1 aliphatic rings. The van der Waals surface area contributed by atoms with Crippen LogP contribution in [0.5, 0.6) is 5.75 Å². The smallest absolute Gasteiger partial charge is 0.306 e. The lowest BCUT2D eigenvalue weighted by molar-refractivity contribution is -0.147. The highest BCUT2D eigenvalue weighted by Crippen LogP contribution is 2.32. The molecule has 2 unspecified atom stereocenters. The van der Waals surface area contributed by atoms with Crippen LogP contribution in [0.4, 0.5) is 0 Å². The van der Waals surface area contributed by atoms with Crippen LogP contribution in [0.3, 0.4) is 0 Å². The van der Waals surface area contributed by atoms with Crippen LogP contribution in [0.15, 0.2) is 54.6 Å². The van der Waals surface area contributed by atoms with Crippen molar-refractivity contribution in [1.82, 2.24) is 0 Å². The summed E-state index contributed by atoms with van der Waals surface area (Å²) in [6, 6.07) is 18.0. The van der Waals surface area contributed by atoms with E-state index in [-0.39, 0.29) is 12.0 Å². The van der Waals surface area contributed by atoms with E-state index in [1.165, 1.54) is 5.56 Å². The average molecular weight is 326 g/mol. The monoisotopic (exact) mass is 326 g/mol. The van der Waals surface area contributed by atoms with Crippen LogP contribution in [-0.4, -0.2) is 24.3 Å². The first-order valence-electron chi connectivity index (χ1n) is 8.33. The highest BCUT2D eigenvalue weighted by atomic mass is 16.5. The number of hydrogen-bond donors (Lipinski definition) is 1. The van der Waals surface area contributed by atoms with Gasteiger partial charge in [-0.3, -0.25) is 4.79 Å². The SMILES string of the molecule is O=C(O)C1CCOC(c2ccc(OCCc3ccccc3)cc2)C1. The van der Waals surface area contributed by atoms with Crippen LogP contribution in [0.25, 0.3) is 0 Å². The quantitative estimate of drug-likeness (QED) is 0.876. The molecule has 2 atom stereocenters. The van der Waals surface area contributed by atoms with E-state index in [2.05, 4.69) is 12.1 Å². The van der Waals surface area contributed by atoms with Crippen molar-refractivity contribution in [2.45, 2.75) is 25.4 Å². The molecule has 0 aliphatic carbocycles. The zero-order valence-corrected chi connectivity index (χ0v) is 13.6. The molecule has 0 spiro atoms. The third-order valence-corrected chi connectivity index (χ3v) is 4.39. The highest BCUT2D eigenvalue weighted by Gasteiger charge is 2.28. The normalized spacial score (nSPS) is 20.5. The lowest BCUT2D eigenvalue weighted by Crippen LogP contribution is -2.25. The third kappa shape index (κ3) is 4.36. The van der Waals surface area contributed by atoms with Crippen LogP contribution >= 0.6 is 0 Å². The first-order valence-corrected chi connectivity index (χ1v) is 8.33. The largest absolute Gasteiger partial charge is 0.493 e. The summed E-state index contributed by atoms with van der Waals surface area (Å²) >= 11 is 0. The summed E-state index contributed by atoms with van der Waals surface area (Å²) in [5, 5.41) is 9.16. The number of rotatable bonds is 6. The van der Waals surface area contributed by atoms with Gasteiger partial charge in [0.2, 0.25) is 0 Å². The van der Waals surface area contributed by atoms with Gasteiger partial charge < -0.3 is 14.6 Å². The Bertz CT molecular complexity index is 651. The van der Waals surface area contributed by atoms with Crippen molar-refractivity contribution in [2.24, 2.45) is 5.92 Å². The molecule has 0 aromatic heterocycles. The lowest BCUT2D eigenvalue weighted by atomic mass is 9.92. The van der Waals surface area contributed by atoms with Crippen LogP contribution in [0.2, 0.25) is 0 Å². The molecular formula is C20H22O4.